The molecule has 190 valence electrons. The Bertz CT molecular complexity index is 845. The van der Waals surface area contributed by atoms with Gasteiger partial charge in [-0.25, -0.2) is 4.79 Å². The van der Waals surface area contributed by atoms with Crippen molar-refractivity contribution in [2.24, 2.45) is 16.6 Å². The molecular formula is C27H41ClN2O4. The highest BCUT2D eigenvalue weighted by Crippen LogP contribution is 2.26. The Balaban J connectivity index is 0.000000350. The van der Waals surface area contributed by atoms with Gasteiger partial charge in [0, 0.05) is 17.2 Å². The number of aliphatic imine (C=N–C) groups is 1. The summed E-state index contributed by atoms with van der Waals surface area (Å²) in [5, 5.41) is 9.65. The number of ether oxygens (including phenoxy) is 1. The number of para-hydroxylation sites is 1. The SMILES string of the molecule is CCC(C)C(=O)CN=C1CCCC/C1=C(/N)C(=O)O.CCCC(CCC)Oc1ccccc1Cl. The van der Waals surface area contributed by atoms with Gasteiger partial charge >= 0.3 is 5.97 Å². The Morgan fingerprint density at radius 3 is 2.29 bits per heavy atom. The van der Waals surface area contributed by atoms with Crippen LogP contribution >= 0.6 is 11.6 Å². The molecule has 34 heavy (non-hydrogen) atoms. The summed E-state index contributed by atoms with van der Waals surface area (Å²) >= 11 is 6.04. The van der Waals surface area contributed by atoms with E-state index in [4.69, 9.17) is 27.2 Å². The van der Waals surface area contributed by atoms with Crippen molar-refractivity contribution in [2.45, 2.75) is 91.6 Å². The molecule has 0 bridgehead atoms. The molecule has 1 aromatic rings. The molecule has 0 heterocycles. The van der Waals surface area contributed by atoms with Crippen LogP contribution in [0.1, 0.15) is 85.5 Å². The predicted molar refractivity (Wildman–Crippen MR) is 140 cm³/mol. The van der Waals surface area contributed by atoms with Crippen molar-refractivity contribution in [2.75, 3.05) is 6.54 Å². The first-order valence-corrected chi connectivity index (χ1v) is 12.8. The van der Waals surface area contributed by atoms with Crippen molar-refractivity contribution in [3.63, 3.8) is 0 Å². The second kappa shape index (κ2) is 16.3. The molecular weight excluding hydrogens is 452 g/mol. The van der Waals surface area contributed by atoms with Crippen LogP contribution in [0.25, 0.3) is 0 Å². The lowest BCUT2D eigenvalue weighted by molar-refractivity contribution is -0.132. The van der Waals surface area contributed by atoms with Crippen molar-refractivity contribution in [3.05, 3.63) is 40.6 Å². The van der Waals surface area contributed by atoms with E-state index >= 15 is 0 Å². The van der Waals surface area contributed by atoms with E-state index in [9.17, 15) is 9.59 Å². The minimum absolute atomic E-state index is 0.00260. The Labute approximate surface area is 209 Å². The minimum Gasteiger partial charge on any atom is -0.489 e. The standard InChI is InChI=1S/C14H22N2O3.C13H19ClO/c1-3-9(2)12(17)8-16-11-7-5-4-6-10(11)13(15)14(18)19;1-3-7-11(8-4-2)15-13-10-6-5-9-12(13)14/h9H,3-8,15H2,1-2H3,(H,18,19);5-6,9-11H,3-4,7-8H2,1-2H3/b13-10-,16-11?;. The number of rotatable bonds is 11. The van der Waals surface area contributed by atoms with Crippen molar-refractivity contribution >= 4 is 29.1 Å². The van der Waals surface area contributed by atoms with Crippen molar-refractivity contribution in [1.29, 1.82) is 0 Å². The Hall–Kier alpha value is -2.34. The molecule has 0 aromatic heterocycles. The number of ketones is 1. The van der Waals surface area contributed by atoms with E-state index in [1.165, 1.54) is 0 Å². The summed E-state index contributed by atoms with van der Waals surface area (Å²) in [5.74, 6) is -0.213. The number of aliphatic carboxylic acids is 1. The molecule has 6 nitrogen and oxygen atoms in total. The molecule has 1 aliphatic rings. The van der Waals surface area contributed by atoms with Gasteiger partial charge in [-0.15, -0.1) is 0 Å². The highest BCUT2D eigenvalue weighted by Gasteiger charge is 2.20. The monoisotopic (exact) mass is 492 g/mol. The molecule has 7 heteroatoms. The number of carboxylic acids is 1. The van der Waals surface area contributed by atoms with Gasteiger partial charge in [-0.3, -0.25) is 9.79 Å². The van der Waals surface area contributed by atoms with E-state index < -0.39 is 5.97 Å². The van der Waals surface area contributed by atoms with E-state index in [1.54, 1.807) is 0 Å². The Morgan fingerprint density at radius 2 is 1.74 bits per heavy atom. The number of allylic oxidation sites excluding steroid dienone is 1. The van der Waals surface area contributed by atoms with Crippen LogP contribution in [0.15, 0.2) is 40.5 Å². The number of carbonyl (C=O) groups excluding carboxylic acids is 1. The molecule has 1 unspecified atom stereocenters. The lowest BCUT2D eigenvalue weighted by Crippen LogP contribution is -2.22. The van der Waals surface area contributed by atoms with E-state index in [-0.39, 0.29) is 23.9 Å². The third-order valence-corrected chi connectivity index (χ3v) is 6.25. The Kier molecular flexibility index (Phi) is 14.2. The fraction of sp³-hybridized carbons (Fsp3) is 0.593. The van der Waals surface area contributed by atoms with Gasteiger partial charge in [0.05, 0.1) is 17.7 Å². The number of Topliss-reactive ketones (excluding diaryl/α,β-unsaturated/α-hetero) is 1. The van der Waals surface area contributed by atoms with Crippen LogP contribution in [0.3, 0.4) is 0 Å². The van der Waals surface area contributed by atoms with Crippen LogP contribution in [0, 0.1) is 5.92 Å². The average molecular weight is 493 g/mol. The summed E-state index contributed by atoms with van der Waals surface area (Å²) in [6.07, 6.45) is 8.81. The second-order valence-electron chi connectivity index (χ2n) is 8.69. The number of halogens is 1. The predicted octanol–water partition coefficient (Wildman–Crippen LogP) is 6.60. The first-order chi connectivity index (χ1) is 16.2. The summed E-state index contributed by atoms with van der Waals surface area (Å²) in [6, 6.07) is 7.67. The second-order valence-corrected chi connectivity index (χ2v) is 9.10. The van der Waals surface area contributed by atoms with E-state index in [1.807, 2.05) is 38.1 Å². The number of nitrogens with zero attached hydrogens (tertiary/aromatic N) is 1. The minimum atomic E-state index is -1.11. The topological polar surface area (TPSA) is 102 Å². The van der Waals surface area contributed by atoms with E-state index in [0.29, 0.717) is 35.3 Å². The summed E-state index contributed by atoms with van der Waals surface area (Å²) < 4.78 is 5.89. The van der Waals surface area contributed by atoms with Crippen LogP contribution < -0.4 is 10.5 Å². The molecule has 1 aliphatic carbocycles. The Morgan fingerprint density at radius 1 is 1.12 bits per heavy atom. The maximum atomic E-state index is 11.8. The number of hydrogen-bond donors (Lipinski definition) is 2. The van der Waals surface area contributed by atoms with Crippen LogP contribution in [0.5, 0.6) is 5.75 Å². The van der Waals surface area contributed by atoms with Crippen LogP contribution in [-0.2, 0) is 9.59 Å². The van der Waals surface area contributed by atoms with Gasteiger partial charge in [-0.2, -0.15) is 0 Å². The fourth-order valence-corrected chi connectivity index (χ4v) is 3.85. The molecule has 1 fully saturated rings. The first-order valence-electron chi connectivity index (χ1n) is 12.4. The maximum absolute atomic E-state index is 11.8. The number of nitrogens with two attached hydrogens (primary N) is 1. The van der Waals surface area contributed by atoms with Crippen LogP contribution in [0.4, 0.5) is 0 Å². The lowest BCUT2D eigenvalue weighted by atomic mass is 9.91. The summed E-state index contributed by atoms with van der Waals surface area (Å²) in [7, 11) is 0. The third-order valence-electron chi connectivity index (χ3n) is 5.93. The van der Waals surface area contributed by atoms with E-state index in [0.717, 1.165) is 50.7 Å². The van der Waals surface area contributed by atoms with Crippen molar-refractivity contribution < 1.29 is 19.4 Å². The molecule has 0 radical (unpaired) electrons. The number of hydrogen-bond acceptors (Lipinski definition) is 5. The molecule has 0 amide bonds. The quantitative estimate of drug-likeness (QED) is 0.338. The molecule has 3 N–H and O–H groups in total. The van der Waals surface area contributed by atoms with Gasteiger partial charge in [-0.1, -0.05) is 64.3 Å². The normalized spacial score (nSPS) is 17.1. The largest absolute Gasteiger partial charge is 0.489 e. The molecule has 2 rings (SSSR count). The molecule has 1 saturated carbocycles. The van der Waals surface area contributed by atoms with Gasteiger partial charge < -0.3 is 15.6 Å². The third kappa shape index (κ3) is 10.3. The highest BCUT2D eigenvalue weighted by molar-refractivity contribution is 6.32. The molecule has 0 saturated heterocycles. The zero-order valence-corrected chi connectivity index (χ0v) is 21.9. The van der Waals surface area contributed by atoms with Crippen LogP contribution in [-0.4, -0.2) is 35.2 Å². The summed E-state index contributed by atoms with van der Waals surface area (Å²) in [4.78, 5) is 27.0. The molecule has 0 spiro atoms. The van der Waals surface area contributed by atoms with Gasteiger partial charge in [0.1, 0.15) is 11.4 Å². The van der Waals surface area contributed by atoms with Gasteiger partial charge in [0.2, 0.25) is 0 Å². The van der Waals surface area contributed by atoms with Gasteiger partial charge in [-0.05, 0) is 57.1 Å². The molecule has 0 aliphatic heterocycles. The van der Waals surface area contributed by atoms with Crippen LogP contribution in [0.2, 0.25) is 5.02 Å². The van der Waals surface area contributed by atoms with Crippen molar-refractivity contribution in [1.82, 2.24) is 0 Å². The number of benzene rings is 1. The zero-order chi connectivity index (χ0) is 25.5. The average Bonchev–Trinajstić information content (AvgIpc) is 2.83. The smallest absolute Gasteiger partial charge is 0.352 e. The van der Waals surface area contributed by atoms with Gasteiger partial charge in [0.15, 0.2) is 5.78 Å². The number of carbonyl (C=O) groups is 2. The van der Waals surface area contributed by atoms with Crippen molar-refractivity contribution in [3.8, 4) is 5.75 Å². The summed E-state index contributed by atoms with van der Waals surface area (Å²) in [5.41, 5.74) is 6.76. The zero-order valence-electron chi connectivity index (χ0n) is 21.1. The first kappa shape index (κ1) is 29.7. The number of carboxylic acid groups (broad SMARTS) is 1. The highest BCUT2D eigenvalue weighted by atomic mass is 35.5. The maximum Gasteiger partial charge on any atom is 0.352 e. The van der Waals surface area contributed by atoms with Gasteiger partial charge in [0.25, 0.3) is 0 Å². The summed E-state index contributed by atoms with van der Waals surface area (Å²) in [6.45, 7) is 8.33. The fourth-order valence-electron chi connectivity index (χ4n) is 3.67. The lowest BCUT2D eigenvalue weighted by Gasteiger charge is -2.18. The van der Waals surface area contributed by atoms with E-state index in [2.05, 4.69) is 18.8 Å². The molecule has 1 aromatic carbocycles. The molecule has 1 atom stereocenters.